The Kier molecular flexibility index (Phi) is 4.05. The highest BCUT2D eigenvalue weighted by Crippen LogP contribution is 2.32. The van der Waals surface area contributed by atoms with E-state index in [0.29, 0.717) is 5.41 Å². The molecule has 3 nitrogen and oxygen atoms in total. The summed E-state index contributed by atoms with van der Waals surface area (Å²) >= 11 is 1.78. The van der Waals surface area contributed by atoms with E-state index in [0.717, 1.165) is 25.3 Å². The van der Waals surface area contributed by atoms with Gasteiger partial charge in [-0.3, -0.25) is 0 Å². The van der Waals surface area contributed by atoms with Gasteiger partial charge in [0.1, 0.15) is 0 Å². The van der Waals surface area contributed by atoms with E-state index in [1.54, 1.807) is 11.3 Å². The first kappa shape index (κ1) is 12.8. The van der Waals surface area contributed by atoms with Gasteiger partial charge in [-0.05, 0) is 31.7 Å². The van der Waals surface area contributed by atoms with Gasteiger partial charge >= 0.3 is 0 Å². The Morgan fingerprint density at radius 2 is 2.24 bits per heavy atom. The molecule has 2 rings (SSSR count). The van der Waals surface area contributed by atoms with E-state index in [-0.39, 0.29) is 0 Å². The lowest BCUT2D eigenvalue weighted by Gasteiger charge is -2.22. The van der Waals surface area contributed by atoms with Crippen LogP contribution >= 0.6 is 11.3 Å². The van der Waals surface area contributed by atoms with E-state index in [4.69, 9.17) is 4.98 Å². The van der Waals surface area contributed by atoms with Crippen LogP contribution in [-0.2, 0) is 6.54 Å². The zero-order chi connectivity index (χ0) is 12.3. The minimum Gasteiger partial charge on any atom is -0.348 e. The maximum atomic E-state index is 4.70. The minimum atomic E-state index is 0.500. The number of hydrogen-bond donors (Lipinski definition) is 1. The van der Waals surface area contributed by atoms with Crippen LogP contribution in [0.1, 0.15) is 38.8 Å². The molecule has 0 amide bonds. The highest BCUT2D eigenvalue weighted by molar-refractivity contribution is 7.13. The molecule has 1 N–H and O–H groups in total. The number of thiazole rings is 1. The van der Waals surface area contributed by atoms with E-state index in [1.807, 2.05) is 7.05 Å². The van der Waals surface area contributed by atoms with Gasteiger partial charge in [0.25, 0.3) is 0 Å². The quantitative estimate of drug-likeness (QED) is 0.898. The normalized spacial score (nSPS) is 20.3. The molecular weight excluding hydrogens is 230 g/mol. The molecule has 4 heteroatoms. The van der Waals surface area contributed by atoms with Crippen molar-refractivity contribution < 1.29 is 0 Å². The largest absolute Gasteiger partial charge is 0.348 e. The van der Waals surface area contributed by atoms with Gasteiger partial charge in [0.2, 0.25) is 0 Å². The Morgan fingerprint density at radius 3 is 3.00 bits per heavy atom. The third-order valence-corrected chi connectivity index (χ3v) is 4.46. The summed E-state index contributed by atoms with van der Waals surface area (Å²) in [6, 6.07) is 0. The number of anilines is 1. The van der Waals surface area contributed by atoms with Crippen molar-refractivity contribution >= 4 is 16.5 Å². The van der Waals surface area contributed by atoms with Crippen molar-refractivity contribution in [1.29, 1.82) is 0 Å². The fourth-order valence-corrected chi connectivity index (χ4v) is 3.20. The lowest BCUT2D eigenvalue weighted by atomic mass is 9.85. The Balaban J connectivity index is 2.01. The third kappa shape index (κ3) is 3.42. The second-order valence-corrected chi connectivity index (χ2v) is 6.49. The summed E-state index contributed by atoms with van der Waals surface area (Å²) in [5.41, 5.74) is 1.66. The predicted octanol–water partition coefficient (Wildman–Crippen LogP) is 2.88. The number of nitrogens with one attached hydrogen (secondary N) is 1. The summed E-state index contributed by atoms with van der Waals surface area (Å²) in [5.74, 6) is 0. The first-order valence-corrected chi connectivity index (χ1v) is 7.33. The smallest absolute Gasteiger partial charge is 0.185 e. The van der Waals surface area contributed by atoms with Crippen molar-refractivity contribution in [2.75, 3.05) is 25.0 Å². The highest BCUT2D eigenvalue weighted by Gasteiger charge is 2.24. The maximum Gasteiger partial charge on any atom is 0.185 e. The summed E-state index contributed by atoms with van der Waals surface area (Å²) in [6.07, 6.45) is 3.89. The molecule has 0 aliphatic carbocycles. The van der Waals surface area contributed by atoms with Gasteiger partial charge in [-0.2, -0.15) is 0 Å². The molecule has 0 saturated carbocycles. The van der Waals surface area contributed by atoms with Gasteiger partial charge in [-0.15, -0.1) is 11.3 Å². The molecule has 1 aromatic heterocycles. The van der Waals surface area contributed by atoms with Gasteiger partial charge < -0.3 is 10.2 Å². The molecule has 0 bridgehead atoms. The molecule has 17 heavy (non-hydrogen) atoms. The maximum absolute atomic E-state index is 4.70. The summed E-state index contributed by atoms with van der Waals surface area (Å²) in [6.45, 7) is 7.95. The molecular formula is C13H23N3S. The SMILES string of the molecule is CNCc1csc(N2CCCC(C)(C)CC2)n1. The second kappa shape index (κ2) is 5.36. The number of hydrogen-bond acceptors (Lipinski definition) is 4. The number of aromatic nitrogens is 1. The van der Waals surface area contributed by atoms with Crippen LogP contribution in [-0.4, -0.2) is 25.1 Å². The van der Waals surface area contributed by atoms with Gasteiger partial charge in [0.15, 0.2) is 5.13 Å². The average Bonchev–Trinajstić information content (AvgIpc) is 2.64. The Bertz CT molecular complexity index is 359. The molecule has 0 aromatic carbocycles. The fourth-order valence-electron chi connectivity index (χ4n) is 2.32. The topological polar surface area (TPSA) is 28.2 Å². The van der Waals surface area contributed by atoms with Gasteiger partial charge in [-0.25, -0.2) is 4.98 Å². The average molecular weight is 253 g/mol. The molecule has 0 atom stereocenters. The van der Waals surface area contributed by atoms with Crippen LogP contribution in [0.5, 0.6) is 0 Å². The second-order valence-electron chi connectivity index (χ2n) is 5.66. The highest BCUT2D eigenvalue weighted by atomic mass is 32.1. The van der Waals surface area contributed by atoms with Gasteiger partial charge in [0.05, 0.1) is 5.69 Å². The number of nitrogens with zero attached hydrogens (tertiary/aromatic N) is 2. The molecule has 2 heterocycles. The summed E-state index contributed by atoms with van der Waals surface area (Å²) in [4.78, 5) is 7.15. The summed E-state index contributed by atoms with van der Waals surface area (Å²) in [7, 11) is 1.97. The van der Waals surface area contributed by atoms with Crippen molar-refractivity contribution in [3.05, 3.63) is 11.1 Å². The van der Waals surface area contributed by atoms with Crippen molar-refractivity contribution in [3.63, 3.8) is 0 Å². The van der Waals surface area contributed by atoms with E-state index < -0.39 is 0 Å². The molecule has 0 spiro atoms. The van der Waals surface area contributed by atoms with Crippen molar-refractivity contribution in [3.8, 4) is 0 Å². The van der Waals surface area contributed by atoms with Gasteiger partial charge in [0, 0.05) is 25.0 Å². The molecule has 1 fully saturated rings. The van der Waals surface area contributed by atoms with Crippen molar-refractivity contribution in [2.24, 2.45) is 5.41 Å². The van der Waals surface area contributed by atoms with Crippen LogP contribution in [0.15, 0.2) is 5.38 Å². The molecule has 1 aliphatic heterocycles. The van der Waals surface area contributed by atoms with Crippen LogP contribution in [0.3, 0.4) is 0 Å². The van der Waals surface area contributed by atoms with E-state index >= 15 is 0 Å². The lowest BCUT2D eigenvalue weighted by Crippen LogP contribution is -2.25. The lowest BCUT2D eigenvalue weighted by molar-refractivity contribution is 0.325. The van der Waals surface area contributed by atoms with Crippen molar-refractivity contribution in [2.45, 2.75) is 39.7 Å². The van der Waals surface area contributed by atoms with Crippen molar-refractivity contribution in [1.82, 2.24) is 10.3 Å². The van der Waals surface area contributed by atoms with E-state index in [1.165, 1.54) is 24.4 Å². The van der Waals surface area contributed by atoms with Gasteiger partial charge in [-0.1, -0.05) is 13.8 Å². The van der Waals surface area contributed by atoms with Crippen LogP contribution in [0.4, 0.5) is 5.13 Å². The fraction of sp³-hybridized carbons (Fsp3) is 0.769. The Labute approximate surface area is 108 Å². The standard InChI is InChI=1S/C13H23N3S/c1-13(2)5-4-7-16(8-6-13)12-15-11(9-14-3)10-17-12/h10,14H,4-9H2,1-3H3. The minimum absolute atomic E-state index is 0.500. The predicted molar refractivity (Wildman–Crippen MR) is 74.7 cm³/mol. The van der Waals surface area contributed by atoms with Crippen LogP contribution in [0.2, 0.25) is 0 Å². The first-order chi connectivity index (χ1) is 8.11. The van der Waals surface area contributed by atoms with E-state index in [9.17, 15) is 0 Å². The van der Waals surface area contributed by atoms with Crippen LogP contribution in [0, 0.1) is 5.41 Å². The van der Waals surface area contributed by atoms with Crippen LogP contribution < -0.4 is 10.2 Å². The zero-order valence-electron chi connectivity index (χ0n) is 11.1. The molecule has 96 valence electrons. The Hall–Kier alpha value is -0.610. The Morgan fingerprint density at radius 1 is 1.41 bits per heavy atom. The summed E-state index contributed by atoms with van der Waals surface area (Å²) < 4.78 is 0. The van der Waals surface area contributed by atoms with Crippen LogP contribution in [0.25, 0.3) is 0 Å². The zero-order valence-corrected chi connectivity index (χ0v) is 11.9. The molecule has 1 aromatic rings. The molecule has 0 unspecified atom stereocenters. The molecule has 1 saturated heterocycles. The van der Waals surface area contributed by atoms with E-state index in [2.05, 4.69) is 29.4 Å². The first-order valence-electron chi connectivity index (χ1n) is 6.45. The number of rotatable bonds is 3. The molecule has 1 aliphatic rings. The third-order valence-electron chi connectivity index (χ3n) is 3.51. The summed E-state index contributed by atoms with van der Waals surface area (Å²) in [5, 5.41) is 6.52. The monoisotopic (exact) mass is 253 g/mol. The molecule has 0 radical (unpaired) electrons.